The van der Waals surface area contributed by atoms with E-state index in [9.17, 15) is 18.0 Å². The van der Waals surface area contributed by atoms with Crippen molar-refractivity contribution in [1.29, 1.82) is 0 Å². The Bertz CT molecular complexity index is 739. The van der Waals surface area contributed by atoms with Crippen LogP contribution in [0.4, 0.5) is 13.2 Å². The highest BCUT2D eigenvalue weighted by atomic mass is 19.4. The zero-order chi connectivity index (χ0) is 19.3. The predicted octanol–water partition coefficient (Wildman–Crippen LogP) is 4.02. The second kappa shape index (κ2) is 8.40. The normalized spacial score (nSPS) is 12.8. The lowest BCUT2D eigenvalue weighted by molar-refractivity contribution is -0.173. The first-order chi connectivity index (χ1) is 12.2. The van der Waals surface area contributed by atoms with Crippen molar-refractivity contribution >= 4 is 5.91 Å². The van der Waals surface area contributed by atoms with E-state index < -0.39 is 12.8 Å². The number of nitrogens with one attached hydrogen (secondary N) is 1. The number of nitrogens with zero attached hydrogens (tertiary/aromatic N) is 1. The summed E-state index contributed by atoms with van der Waals surface area (Å²) in [5.41, 5.74) is 3.40. The molecule has 0 saturated carbocycles. The first kappa shape index (κ1) is 20.0. The van der Waals surface area contributed by atoms with Crippen LogP contribution in [-0.4, -0.2) is 36.4 Å². The summed E-state index contributed by atoms with van der Waals surface area (Å²) in [6.07, 6.45) is -4.36. The molecule has 1 amide bonds. The number of amides is 1. The molecule has 1 aromatic carbocycles. The molecule has 0 fully saturated rings. The molecule has 0 radical (unpaired) electrons. The van der Waals surface area contributed by atoms with E-state index in [2.05, 4.69) is 21.5 Å². The first-order valence-electron chi connectivity index (χ1n) is 8.36. The standard InChI is InChI=1S/C19H23F3N2O2/c1-13-11-17(18(25)23-9-10-26-12-19(20,21)22)15(3)24(13)14(2)16-7-5-4-6-8-16/h4-8,11,14H,9-10,12H2,1-3H3,(H,23,25). The number of hydrogen-bond donors (Lipinski definition) is 1. The van der Waals surface area contributed by atoms with Crippen molar-refractivity contribution in [3.05, 3.63) is 58.9 Å². The first-order valence-corrected chi connectivity index (χ1v) is 8.36. The molecule has 1 atom stereocenters. The molecular weight excluding hydrogens is 345 g/mol. The number of aryl methyl sites for hydroxylation is 1. The molecule has 2 rings (SSSR count). The average Bonchev–Trinajstić information content (AvgIpc) is 2.88. The Kier molecular flexibility index (Phi) is 6.47. The summed E-state index contributed by atoms with van der Waals surface area (Å²) in [5, 5.41) is 2.60. The highest BCUT2D eigenvalue weighted by Gasteiger charge is 2.27. The second-order valence-corrected chi connectivity index (χ2v) is 6.17. The van der Waals surface area contributed by atoms with Crippen LogP contribution < -0.4 is 5.32 Å². The van der Waals surface area contributed by atoms with Crippen molar-refractivity contribution in [3.63, 3.8) is 0 Å². The van der Waals surface area contributed by atoms with Gasteiger partial charge >= 0.3 is 6.18 Å². The fraction of sp³-hybridized carbons (Fsp3) is 0.421. The maximum Gasteiger partial charge on any atom is 0.411 e. The topological polar surface area (TPSA) is 43.3 Å². The minimum atomic E-state index is -4.36. The second-order valence-electron chi connectivity index (χ2n) is 6.17. The average molecular weight is 368 g/mol. The third-order valence-electron chi connectivity index (χ3n) is 4.20. The van der Waals surface area contributed by atoms with E-state index in [0.29, 0.717) is 5.56 Å². The number of ether oxygens (including phenoxy) is 1. The Morgan fingerprint density at radius 2 is 1.88 bits per heavy atom. The van der Waals surface area contributed by atoms with Gasteiger partial charge in [-0.2, -0.15) is 13.2 Å². The van der Waals surface area contributed by atoms with Gasteiger partial charge in [-0.15, -0.1) is 0 Å². The number of halogens is 3. The summed E-state index contributed by atoms with van der Waals surface area (Å²) >= 11 is 0. The Morgan fingerprint density at radius 1 is 1.23 bits per heavy atom. The van der Waals surface area contributed by atoms with Crippen LogP contribution in [0.15, 0.2) is 36.4 Å². The van der Waals surface area contributed by atoms with Gasteiger partial charge in [-0.1, -0.05) is 30.3 Å². The molecule has 0 aliphatic heterocycles. The fourth-order valence-electron chi connectivity index (χ4n) is 3.00. The van der Waals surface area contributed by atoms with E-state index in [-0.39, 0.29) is 25.1 Å². The van der Waals surface area contributed by atoms with Gasteiger partial charge in [0.05, 0.1) is 18.2 Å². The van der Waals surface area contributed by atoms with E-state index in [1.807, 2.05) is 44.2 Å². The molecule has 0 aliphatic carbocycles. The van der Waals surface area contributed by atoms with Crippen molar-refractivity contribution in [2.45, 2.75) is 33.0 Å². The molecule has 142 valence electrons. The van der Waals surface area contributed by atoms with Crippen LogP contribution >= 0.6 is 0 Å². The van der Waals surface area contributed by atoms with Crippen LogP contribution in [0.5, 0.6) is 0 Å². The van der Waals surface area contributed by atoms with Crippen LogP contribution in [0.3, 0.4) is 0 Å². The molecular formula is C19H23F3N2O2. The van der Waals surface area contributed by atoms with Gasteiger partial charge in [0.1, 0.15) is 6.61 Å². The highest BCUT2D eigenvalue weighted by molar-refractivity contribution is 5.95. The SMILES string of the molecule is Cc1cc(C(=O)NCCOCC(F)(F)F)c(C)n1C(C)c1ccccc1. The summed E-state index contributed by atoms with van der Waals surface area (Å²) in [6.45, 7) is 4.36. The van der Waals surface area contributed by atoms with E-state index in [1.54, 1.807) is 6.07 Å². The van der Waals surface area contributed by atoms with Gasteiger partial charge in [0.2, 0.25) is 0 Å². The lowest BCUT2D eigenvalue weighted by Crippen LogP contribution is -2.29. The summed E-state index contributed by atoms with van der Waals surface area (Å²) < 4.78 is 42.6. The van der Waals surface area contributed by atoms with Gasteiger partial charge in [0.25, 0.3) is 5.91 Å². The molecule has 26 heavy (non-hydrogen) atoms. The lowest BCUT2D eigenvalue weighted by Gasteiger charge is -2.19. The molecule has 7 heteroatoms. The van der Waals surface area contributed by atoms with Crippen molar-refractivity contribution in [2.75, 3.05) is 19.8 Å². The van der Waals surface area contributed by atoms with Crippen molar-refractivity contribution in [1.82, 2.24) is 9.88 Å². The third-order valence-corrected chi connectivity index (χ3v) is 4.20. The largest absolute Gasteiger partial charge is 0.411 e. The number of carbonyl (C=O) groups excluding carboxylic acids is 1. The summed E-state index contributed by atoms with van der Waals surface area (Å²) in [6, 6.07) is 11.8. The van der Waals surface area contributed by atoms with Crippen molar-refractivity contribution < 1.29 is 22.7 Å². The number of rotatable bonds is 7. The van der Waals surface area contributed by atoms with E-state index in [1.165, 1.54) is 0 Å². The van der Waals surface area contributed by atoms with Gasteiger partial charge < -0.3 is 14.6 Å². The summed E-state index contributed by atoms with van der Waals surface area (Å²) in [5.74, 6) is -0.319. The number of hydrogen-bond acceptors (Lipinski definition) is 2. The van der Waals surface area contributed by atoms with Gasteiger partial charge in [0, 0.05) is 17.9 Å². The Morgan fingerprint density at radius 3 is 2.50 bits per heavy atom. The molecule has 4 nitrogen and oxygen atoms in total. The van der Waals surface area contributed by atoms with Gasteiger partial charge in [-0.25, -0.2) is 0 Å². The number of alkyl halides is 3. The van der Waals surface area contributed by atoms with Crippen molar-refractivity contribution in [2.24, 2.45) is 0 Å². The molecule has 0 spiro atoms. The zero-order valence-corrected chi connectivity index (χ0v) is 15.1. The monoisotopic (exact) mass is 368 g/mol. The Hall–Kier alpha value is -2.28. The number of carbonyl (C=O) groups is 1. The third kappa shape index (κ3) is 5.11. The molecule has 1 heterocycles. The highest BCUT2D eigenvalue weighted by Crippen LogP contribution is 2.25. The zero-order valence-electron chi connectivity index (χ0n) is 15.1. The Labute approximate surface area is 151 Å². The van der Waals surface area contributed by atoms with Gasteiger partial charge in [0.15, 0.2) is 0 Å². The molecule has 1 aromatic heterocycles. The van der Waals surface area contributed by atoms with Crippen LogP contribution in [-0.2, 0) is 4.74 Å². The Balaban J connectivity index is 2.01. The molecule has 1 unspecified atom stereocenters. The minimum absolute atomic E-state index is 0.0207. The summed E-state index contributed by atoms with van der Waals surface area (Å²) in [7, 11) is 0. The quantitative estimate of drug-likeness (QED) is 0.750. The summed E-state index contributed by atoms with van der Waals surface area (Å²) in [4.78, 5) is 12.3. The van der Waals surface area contributed by atoms with Crippen LogP contribution in [0.25, 0.3) is 0 Å². The van der Waals surface area contributed by atoms with E-state index in [4.69, 9.17) is 0 Å². The van der Waals surface area contributed by atoms with Crippen LogP contribution in [0.1, 0.15) is 40.3 Å². The fourth-order valence-corrected chi connectivity index (χ4v) is 3.00. The molecule has 2 aromatic rings. The molecule has 1 N–H and O–H groups in total. The maximum atomic E-state index is 12.3. The van der Waals surface area contributed by atoms with E-state index in [0.717, 1.165) is 17.0 Å². The number of aromatic nitrogens is 1. The van der Waals surface area contributed by atoms with Crippen molar-refractivity contribution in [3.8, 4) is 0 Å². The molecule has 0 aliphatic rings. The van der Waals surface area contributed by atoms with Gasteiger partial charge in [-0.05, 0) is 32.4 Å². The number of benzene rings is 1. The molecule has 0 saturated heterocycles. The smallest absolute Gasteiger partial charge is 0.370 e. The minimum Gasteiger partial charge on any atom is -0.370 e. The van der Waals surface area contributed by atoms with Gasteiger partial charge in [-0.3, -0.25) is 4.79 Å². The van der Waals surface area contributed by atoms with Crippen LogP contribution in [0.2, 0.25) is 0 Å². The van der Waals surface area contributed by atoms with E-state index >= 15 is 0 Å². The maximum absolute atomic E-state index is 12.3. The van der Waals surface area contributed by atoms with Crippen LogP contribution in [0, 0.1) is 13.8 Å². The lowest BCUT2D eigenvalue weighted by atomic mass is 10.1. The predicted molar refractivity (Wildman–Crippen MR) is 93.4 cm³/mol. The molecule has 0 bridgehead atoms.